The molecule has 0 rings (SSSR count). The summed E-state index contributed by atoms with van der Waals surface area (Å²) in [5, 5.41) is 0. The number of hydrogen-bond acceptors (Lipinski definition) is 11. The Kier molecular flexibility index (Phi) is 22.9. The fourth-order valence-electron chi connectivity index (χ4n) is 3.31. The van der Waals surface area contributed by atoms with Crippen LogP contribution in [0.3, 0.4) is 0 Å². The topological polar surface area (TPSA) is 133 Å². The number of rotatable bonds is 23. The molecule has 0 radical (unpaired) electrons. The van der Waals surface area contributed by atoms with E-state index in [9.17, 15) is 19.2 Å². The Morgan fingerprint density at radius 2 is 1.08 bits per heavy atom. The zero-order valence-corrected chi connectivity index (χ0v) is 24.5. The molecule has 0 aromatic rings. The van der Waals surface area contributed by atoms with E-state index in [2.05, 4.69) is 13.8 Å². The lowest BCUT2D eigenvalue weighted by atomic mass is 10.0. The number of esters is 2. The standard InChI is InChI=1S/C28H50O11/c1-6-9-11-12-13-14-16-34-25(29)22(4)38-27(31)35-19-17-33-18-20-36-28(32)39-23(5)26(30)37-21-24(8-3)15-10-7-2/h22-24H,6-21H2,1-5H3. The summed E-state index contributed by atoms with van der Waals surface area (Å²) in [6.07, 6.45) is 6.28. The zero-order valence-electron chi connectivity index (χ0n) is 24.5. The molecule has 3 atom stereocenters. The highest BCUT2D eigenvalue weighted by atomic mass is 16.7. The molecule has 0 saturated heterocycles. The van der Waals surface area contributed by atoms with Crippen molar-refractivity contribution in [1.29, 1.82) is 0 Å². The van der Waals surface area contributed by atoms with Crippen molar-refractivity contribution in [2.75, 3.05) is 39.6 Å². The highest BCUT2D eigenvalue weighted by molar-refractivity contribution is 5.77. The summed E-state index contributed by atoms with van der Waals surface area (Å²) in [7, 11) is 0. The second kappa shape index (κ2) is 24.5. The molecule has 3 unspecified atom stereocenters. The predicted molar refractivity (Wildman–Crippen MR) is 143 cm³/mol. The van der Waals surface area contributed by atoms with Crippen LogP contribution in [0.25, 0.3) is 0 Å². The lowest BCUT2D eigenvalue weighted by molar-refractivity contribution is -0.155. The third-order valence-electron chi connectivity index (χ3n) is 5.85. The lowest BCUT2D eigenvalue weighted by Gasteiger charge is -2.17. The summed E-state index contributed by atoms with van der Waals surface area (Å²) in [6, 6.07) is 0. The molecule has 0 heterocycles. The van der Waals surface area contributed by atoms with Crippen molar-refractivity contribution in [3.63, 3.8) is 0 Å². The molecular formula is C28H50O11. The van der Waals surface area contributed by atoms with Crippen molar-refractivity contribution in [3.05, 3.63) is 0 Å². The van der Waals surface area contributed by atoms with Gasteiger partial charge in [-0.2, -0.15) is 0 Å². The summed E-state index contributed by atoms with van der Waals surface area (Å²) in [6.45, 7) is 9.51. The minimum absolute atomic E-state index is 0.0170. The molecule has 0 saturated carbocycles. The smallest absolute Gasteiger partial charge is 0.463 e. The van der Waals surface area contributed by atoms with Gasteiger partial charge in [0.05, 0.1) is 26.4 Å². The SMILES string of the molecule is CCCCCCCCOC(=O)C(C)OC(=O)OCCOCCOC(=O)OC(C)C(=O)OCC(CC)CCCC. The second-order valence-electron chi connectivity index (χ2n) is 9.31. The van der Waals surface area contributed by atoms with E-state index in [4.69, 9.17) is 33.2 Å². The third-order valence-corrected chi connectivity index (χ3v) is 5.85. The van der Waals surface area contributed by atoms with Crippen LogP contribution in [0.1, 0.15) is 98.8 Å². The number of hydrogen-bond donors (Lipinski definition) is 0. The van der Waals surface area contributed by atoms with Crippen LogP contribution in [0.5, 0.6) is 0 Å². The Bertz CT molecular complexity index is 668. The van der Waals surface area contributed by atoms with Crippen LogP contribution in [0.2, 0.25) is 0 Å². The Labute approximate surface area is 233 Å². The van der Waals surface area contributed by atoms with E-state index in [1.165, 1.54) is 33.1 Å². The van der Waals surface area contributed by atoms with Crippen molar-refractivity contribution in [1.82, 2.24) is 0 Å². The summed E-state index contributed by atoms with van der Waals surface area (Å²) >= 11 is 0. The van der Waals surface area contributed by atoms with Crippen LogP contribution < -0.4 is 0 Å². The van der Waals surface area contributed by atoms with E-state index in [1.807, 2.05) is 6.92 Å². The number of carbonyl (C=O) groups is 4. The molecule has 0 aromatic carbocycles. The first kappa shape index (κ1) is 36.4. The third kappa shape index (κ3) is 21.0. The maximum Gasteiger partial charge on any atom is 0.509 e. The van der Waals surface area contributed by atoms with Gasteiger partial charge in [0.25, 0.3) is 0 Å². The number of ether oxygens (including phenoxy) is 7. The highest BCUT2D eigenvalue weighted by Crippen LogP contribution is 2.13. The van der Waals surface area contributed by atoms with Gasteiger partial charge < -0.3 is 33.2 Å². The zero-order chi connectivity index (χ0) is 29.3. The quantitative estimate of drug-likeness (QED) is 0.0856. The van der Waals surface area contributed by atoms with Gasteiger partial charge in [0, 0.05) is 0 Å². The predicted octanol–water partition coefficient (Wildman–Crippen LogP) is 5.75. The maximum absolute atomic E-state index is 12.0. The Morgan fingerprint density at radius 1 is 0.564 bits per heavy atom. The van der Waals surface area contributed by atoms with Crippen molar-refractivity contribution in [2.24, 2.45) is 5.92 Å². The lowest BCUT2D eigenvalue weighted by Crippen LogP contribution is -2.28. The molecule has 0 aliphatic heterocycles. The molecule has 39 heavy (non-hydrogen) atoms. The average molecular weight is 563 g/mol. The molecule has 0 N–H and O–H groups in total. The molecule has 0 aliphatic carbocycles. The van der Waals surface area contributed by atoms with Crippen LogP contribution in [-0.2, 0) is 42.7 Å². The van der Waals surface area contributed by atoms with Gasteiger partial charge in [-0.3, -0.25) is 0 Å². The van der Waals surface area contributed by atoms with Crippen molar-refractivity contribution >= 4 is 24.2 Å². The molecule has 0 fully saturated rings. The highest BCUT2D eigenvalue weighted by Gasteiger charge is 2.22. The molecular weight excluding hydrogens is 512 g/mol. The van der Waals surface area contributed by atoms with Crippen LogP contribution in [0.15, 0.2) is 0 Å². The van der Waals surface area contributed by atoms with E-state index in [1.54, 1.807) is 0 Å². The van der Waals surface area contributed by atoms with Crippen molar-refractivity contribution < 1.29 is 52.3 Å². The molecule has 0 spiro atoms. The minimum Gasteiger partial charge on any atom is -0.463 e. The Morgan fingerprint density at radius 3 is 1.62 bits per heavy atom. The molecule has 0 aromatic heterocycles. The van der Waals surface area contributed by atoms with Crippen LogP contribution in [-0.4, -0.2) is 76.1 Å². The van der Waals surface area contributed by atoms with E-state index >= 15 is 0 Å². The molecule has 0 amide bonds. The van der Waals surface area contributed by atoms with Gasteiger partial charge in [-0.05, 0) is 32.6 Å². The summed E-state index contributed by atoms with van der Waals surface area (Å²) in [5.41, 5.74) is 0. The summed E-state index contributed by atoms with van der Waals surface area (Å²) < 4.78 is 35.0. The monoisotopic (exact) mass is 562 g/mol. The van der Waals surface area contributed by atoms with Gasteiger partial charge in [0.15, 0.2) is 12.2 Å². The normalized spacial score (nSPS) is 13.1. The van der Waals surface area contributed by atoms with E-state index in [0.29, 0.717) is 13.2 Å². The minimum atomic E-state index is -1.09. The van der Waals surface area contributed by atoms with Gasteiger partial charge in [-0.1, -0.05) is 72.1 Å². The van der Waals surface area contributed by atoms with Crippen LogP contribution in [0, 0.1) is 5.92 Å². The summed E-state index contributed by atoms with van der Waals surface area (Å²) in [4.78, 5) is 47.3. The van der Waals surface area contributed by atoms with Crippen LogP contribution in [0.4, 0.5) is 9.59 Å². The molecule has 11 nitrogen and oxygen atoms in total. The van der Waals surface area contributed by atoms with Gasteiger partial charge >= 0.3 is 24.2 Å². The van der Waals surface area contributed by atoms with Gasteiger partial charge in [-0.25, -0.2) is 19.2 Å². The van der Waals surface area contributed by atoms with Gasteiger partial charge in [0.2, 0.25) is 0 Å². The molecule has 11 heteroatoms. The molecule has 0 aliphatic rings. The van der Waals surface area contributed by atoms with E-state index in [-0.39, 0.29) is 32.3 Å². The Hall–Kier alpha value is -2.56. The number of unbranched alkanes of at least 4 members (excludes halogenated alkanes) is 6. The van der Waals surface area contributed by atoms with E-state index < -0.39 is 36.5 Å². The summed E-state index contributed by atoms with van der Waals surface area (Å²) in [5.74, 6) is -0.960. The largest absolute Gasteiger partial charge is 0.509 e. The second-order valence-corrected chi connectivity index (χ2v) is 9.31. The Balaban J connectivity index is 3.82. The fraction of sp³-hybridized carbons (Fsp3) is 0.857. The first-order valence-corrected chi connectivity index (χ1v) is 14.3. The van der Waals surface area contributed by atoms with E-state index in [0.717, 1.165) is 44.9 Å². The fourth-order valence-corrected chi connectivity index (χ4v) is 3.31. The van der Waals surface area contributed by atoms with Crippen molar-refractivity contribution in [3.8, 4) is 0 Å². The maximum atomic E-state index is 12.0. The molecule has 0 bridgehead atoms. The average Bonchev–Trinajstić information content (AvgIpc) is 2.91. The van der Waals surface area contributed by atoms with Gasteiger partial charge in [-0.15, -0.1) is 0 Å². The first-order valence-electron chi connectivity index (χ1n) is 14.3. The van der Waals surface area contributed by atoms with Gasteiger partial charge in [0.1, 0.15) is 13.2 Å². The van der Waals surface area contributed by atoms with Crippen molar-refractivity contribution in [2.45, 2.75) is 111 Å². The first-order chi connectivity index (χ1) is 18.7. The van der Waals surface area contributed by atoms with Crippen LogP contribution >= 0.6 is 0 Å². The number of carbonyl (C=O) groups excluding carboxylic acids is 4. The molecule has 228 valence electrons.